The average Bonchev–Trinajstić information content (AvgIpc) is 2.71. The van der Waals surface area contributed by atoms with Crippen LogP contribution in [0, 0.1) is 5.82 Å². The van der Waals surface area contributed by atoms with Crippen molar-refractivity contribution >= 4 is 17.4 Å². The van der Waals surface area contributed by atoms with Crippen LogP contribution in [0.25, 0.3) is 5.57 Å². The standard InChI is InChI=1S/C17H19FN2O3/c1-10-8-20(9-11(2)23-10)15-14(16(21)19(3)17(15)22)12-4-6-13(18)7-5-12/h4-7,10-11H,8-9H2,1-3H3. The zero-order chi connectivity index (χ0) is 16.7. The van der Waals surface area contributed by atoms with Gasteiger partial charge in [-0.3, -0.25) is 14.5 Å². The van der Waals surface area contributed by atoms with E-state index in [1.54, 1.807) is 0 Å². The number of hydrogen-bond acceptors (Lipinski definition) is 4. The molecule has 3 rings (SSSR count). The molecule has 1 fully saturated rings. The maximum atomic E-state index is 13.2. The minimum absolute atomic E-state index is 0.0328. The summed E-state index contributed by atoms with van der Waals surface area (Å²) in [6.07, 6.45) is -0.0657. The van der Waals surface area contributed by atoms with Gasteiger partial charge in [-0.05, 0) is 31.5 Å². The minimum Gasteiger partial charge on any atom is -0.372 e. The van der Waals surface area contributed by atoms with Crippen molar-refractivity contribution in [3.63, 3.8) is 0 Å². The van der Waals surface area contributed by atoms with Gasteiger partial charge in [0.15, 0.2) is 0 Å². The largest absolute Gasteiger partial charge is 0.372 e. The third-order valence-electron chi connectivity index (χ3n) is 4.13. The Bertz CT molecular complexity index is 674. The topological polar surface area (TPSA) is 49.9 Å². The second-order valence-electron chi connectivity index (χ2n) is 6.06. The van der Waals surface area contributed by atoms with Crippen LogP contribution in [0.1, 0.15) is 19.4 Å². The highest BCUT2D eigenvalue weighted by atomic mass is 19.1. The molecule has 1 aromatic carbocycles. The first-order valence-electron chi connectivity index (χ1n) is 7.61. The third-order valence-corrected chi connectivity index (χ3v) is 4.13. The number of carbonyl (C=O) groups is 2. The lowest BCUT2D eigenvalue weighted by Crippen LogP contribution is -2.46. The molecule has 5 nitrogen and oxygen atoms in total. The molecule has 122 valence electrons. The number of nitrogens with zero attached hydrogens (tertiary/aromatic N) is 2. The van der Waals surface area contributed by atoms with Crippen molar-refractivity contribution in [3.05, 3.63) is 41.3 Å². The molecular weight excluding hydrogens is 299 g/mol. The van der Waals surface area contributed by atoms with Crippen molar-refractivity contribution in [2.45, 2.75) is 26.1 Å². The molecular formula is C17H19FN2O3. The van der Waals surface area contributed by atoms with E-state index in [-0.39, 0.29) is 29.8 Å². The zero-order valence-electron chi connectivity index (χ0n) is 13.4. The van der Waals surface area contributed by atoms with Crippen LogP contribution in [0.15, 0.2) is 30.0 Å². The molecule has 2 aliphatic rings. The summed E-state index contributed by atoms with van der Waals surface area (Å²) >= 11 is 0. The molecule has 2 amide bonds. The molecule has 0 aromatic heterocycles. The first-order valence-corrected chi connectivity index (χ1v) is 7.61. The van der Waals surface area contributed by atoms with Crippen LogP contribution in [0.3, 0.4) is 0 Å². The van der Waals surface area contributed by atoms with Crippen molar-refractivity contribution in [3.8, 4) is 0 Å². The zero-order valence-corrected chi connectivity index (χ0v) is 13.4. The number of imide groups is 1. The van der Waals surface area contributed by atoms with E-state index < -0.39 is 0 Å². The van der Waals surface area contributed by atoms with E-state index >= 15 is 0 Å². The molecule has 2 unspecified atom stereocenters. The van der Waals surface area contributed by atoms with Crippen LogP contribution in [-0.2, 0) is 14.3 Å². The Hall–Kier alpha value is -2.21. The Kier molecular flexibility index (Phi) is 3.93. The normalized spacial score (nSPS) is 25.6. The SMILES string of the molecule is CC1CN(C2=C(c3ccc(F)cc3)C(=O)N(C)C2=O)CC(C)O1. The number of morpholine rings is 1. The number of amides is 2. The van der Waals surface area contributed by atoms with E-state index in [2.05, 4.69) is 0 Å². The van der Waals surface area contributed by atoms with Crippen LogP contribution in [0.4, 0.5) is 4.39 Å². The van der Waals surface area contributed by atoms with Crippen molar-refractivity contribution in [2.75, 3.05) is 20.1 Å². The summed E-state index contributed by atoms with van der Waals surface area (Å²) in [4.78, 5) is 28.1. The molecule has 0 aliphatic carbocycles. The Labute approximate surface area is 134 Å². The predicted octanol–water partition coefficient (Wildman–Crippen LogP) is 1.64. The molecule has 0 saturated carbocycles. The van der Waals surface area contributed by atoms with Crippen molar-refractivity contribution in [1.82, 2.24) is 9.80 Å². The van der Waals surface area contributed by atoms with Crippen molar-refractivity contribution < 1.29 is 18.7 Å². The highest BCUT2D eigenvalue weighted by Gasteiger charge is 2.41. The van der Waals surface area contributed by atoms with Gasteiger partial charge in [-0.1, -0.05) is 12.1 Å². The highest BCUT2D eigenvalue weighted by Crippen LogP contribution is 2.32. The van der Waals surface area contributed by atoms with Gasteiger partial charge in [-0.25, -0.2) is 4.39 Å². The summed E-state index contributed by atoms with van der Waals surface area (Å²) in [6, 6.07) is 5.64. The first kappa shape index (κ1) is 15.7. The molecule has 6 heteroatoms. The number of halogens is 1. The van der Waals surface area contributed by atoms with E-state index in [0.717, 1.165) is 4.90 Å². The van der Waals surface area contributed by atoms with E-state index in [1.807, 2.05) is 18.7 Å². The van der Waals surface area contributed by atoms with Gasteiger partial charge in [-0.2, -0.15) is 0 Å². The average molecular weight is 318 g/mol. The summed E-state index contributed by atoms with van der Waals surface area (Å²) in [7, 11) is 1.47. The van der Waals surface area contributed by atoms with Gasteiger partial charge in [0.05, 0.1) is 17.8 Å². The van der Waals surface area contributed by atoms with Gasteiger partial charge in [0.25, 0.3) is 11.8 Å². The second kappa shape index (κ2) is 5.77. The minimum atomic E-state index is -0.380. The summed E-state index contributed by atoms with van der Waals surface area (Å²) in [5.74, 6) is -1.06. The van der Waals surface area contributed by atoms with Crippen molar-refractivity contribution in [1.29, 1.82) is 0 Å². The van der Waals surface area contributed by atoms with Crippen molar-refractivity contribution in [2.24, 2.45) is 0 Å². The fraction of sp³-hybridized carbons (Fsp3) is 0.412. The van der Waals surface area contributed by atoms with Crippen LogP contribution in [-0.4, -0.2) is 54.0 Å². The Balaban J connectivity index is 2.08. The maximum Gasteiger partial charge on any atom is 0.277 e. The summed E-state index contributed by atoms with van der Waals surface area (Å²) < 4.78 is 18.9. The Morgan fingerprint density at radius 2 is 1.61 bits per heavy atom. The predicted molar refractivity (Wildman–Crippen MR) is 82.7 cm³/mol. The molecule has 23 heavy (non-hydrogen) atoms. The lowest BCUT2D eigenvalue weighted by molar-refractivity contribution is -0.136. The molecule has 1 aromatic rings. The van der Waals surface area contributed by atoms with Crippen LogP contribution in [0.2, 0.25) is 0 Å². The smallest absolute Gasteiger partial charge is 0.277 e. The fourth-order valence-electron chi connectivity index (χ4n) is 3.16. The van der Waals surface area contributed by atoms with E-state index in [9.17, 15) is 14.0 Å². The maximum absolute atomic E-state index is 13.2. The molecule has 0 N–H and O–H groups in total. The molecule has 2 aliphatic heterocycles. The number of likely N-dealkylation sites (N-methyl/N-ethyl adjacent to an activating group) is 1. The summed E-state index contributed by atoms with van der Waals surface area (Å²) in [5.41, 5.74) is 1.26. The van der Waals surface area contributed by atoms with Gasteiger partial charge >= 0.3 is 0 Å². The van der Waals surface area contributed by atoms with E-state index in [1.165, 1.54) is 31.3 Å². The molecule has 2 atom stereocenters. The van der Waals surface area contributed by atoms with Gasteiger partial charge in [0.2, 0.25) is 0 Å². The molecule has 1 saturated heterocycles. The van der Waals surface area contributed by atoms with Gasteiger partial charge in [0, 0.05) is 20.1 Å². The monoisotopic (exact) mass is 318 g/mol. The summed E-state index contributed by atoms with van der Waals surface area (Å²) in [6.45, 7) is 4.95. The number of rotatable bonds is 2. The lowest BCUT2D eigenvalue weighted by atomic mass is 10.0. The number of hydrogen-bond donors (Lipinski definition) is 0. The summed E-state index contributed by atoms with van der Waals surface area (Å²) in [5, 5.41) is 0. The second-order valence-corrected chi connectivity index (χ2v) is 6.06. The van der Waals surface area contributed by atoms with Gasteiger partial charge in [0.1, 0.15) is 11.5 Å². The third kappa shape index (κ3) is 2.74. The Morgan fingerprint density at radius 1 is 1.04 bits per heavy atom. The molecule has 0 bridgehead atoms. The fourth-order valence-corrected chi connectivity index (χ4v) is 3.16. The number of ether oxygens (including phenoxy) is 1. The molecule has 0 radical (unpaired) electrons. The number of carbonyl (C=O) groups excluding carboxylic acids is 2. The van der Waals surface area contributed by atoms with Crippen LogP contribution >= 0.6 is 0 Å². The van der Waals surface area contributed by atoms with E-state index in [4.69, 9.17) is 4.74 Å². The Morgan fingerprint density at radius 3 is 2.17 bits per heavy atom. The quantitative estimate of drug-likeness (QED) is 0.778. The van der Waals surface area contributed by atoms with E-state index in [0.29, 0.717) is 29.9 Å². The molecule has 0 spiro atoms. The molecule has 2 heterocycles. The highest BCUT2D eigenvalue weighted by molar-refractivity contribution is 6.35. The van der Waals surface area contributed by atoms with Crippen LogP contribution in [0.5, 0.6) is 0 Å². The van der Waals surface area contributed by atoms with Gasteiger partial charge < -0.3 is 9.64 Å². The number of benzene rings is 1. The lowest BCUT2D eigenvalue weighted by Gasteiger charge is -2.37. The van der Waals surface area contributed by atoms with Crippen LogP contribution < -0.4 is 0 Å². The first-order chi connectivity index (χ1) is 10.9. The van der Waals surface area contributed by atoms with Gasteiger partial charge in [-0.15, -0.1) is 0 Å².